The van der Waals surface area contributed by atoms with Gasteiger partial charge in [0.2, 0.25) is 0 Å². The molecule has 4 heteroatoms. The first-order valence-electron chi connectivity index (χ1n) is 9.28. The Hall–Kier alpha value is -0.440. The average molecular weight is 327 g/mol. The molecule has 1 aliphatic heterocycles. The molecule has 3 atom stereocenters. The van der Waals surface area contributed by atoms with Crippen LogP contribution >= 0.6 is 11.6 Å². The predicted octanol–water partition coefficient (Wildman–Crippen LogP) is 4.34. The van der Waals surface area contributed by atoms with E-state index in [-0.39, 0.29) is 0 Å². The first-order chi connectivity index (χ1) is 10.7. The average Bonchev–Trinajstić information content (AvgIpc) is 3.02. The van der Waals surface area contributed by atoms with Crippen molar-refractivity contribution in [3.63, 3.8) is 0 Å². The predicted molar refractivity (Wildman–Crippen MR) is 92.5 cm³/mol. The minimum absolute atomic E-state index is 0.362. The third kappa shape index (κ3) is 4.53. The molecule has 3 unspecified atom stereocenters. The van der Waals surface area contributed by atoms with Crippen LogP contribution in [0.1, 0.15) is 64.7 Å². The van der Waals surface area contributed by atoms with Crippen LogP contribution in [0.3, 0.4) is 0 Å². The van der Waals surface area contributed by atoms with Crippen molar-refractivity contribution < 1.29 is 4.74 Å². The van der Waals surface area contributed by atoms with Gasteiger partial charge in [-0.1, -0.05) is 39.0 Å². The number of ether oxygens (including phenoxy) is 1. The zero-order valence-corrected chi connectivity index (χ0v) is 14.7. The maximum atomic E-state index is 6.44. The summed E-state index contributed by atoms with van der Waals surface area (Å²) < 4.78 is 5.61. The summed E-state index contributed by atoms with van der Waals surface area (Å²) in [5.74, 6) is 2.47. The van der Waals surface area contributed by atoms with E-state index in [1.54, 1.807) is 0 Å². The van der Waals surface area contributed by atoms with E-state index in [0.29, 0.717) is 17.3 Å². The van der Waals surface area contributed by atoms with Crippen molar-refractivity contribution in [1.82, 2.24) is 5.32 Å². The standard InChI is InChI=1S/C18H31ClN2O/c1-13-5-7-14(8-6-13)11-17(21-18-20-9-10-22-18)15-3-2-4-16(19)12-15/h13-17H,2-12H2,1H3,(H,20,21). The molecule has 0 aromatic carbocycles. The first-order valence-corrected chi connectivity index (χ1v) is 9.72. The van der Waals surface area contributed by atoms with Crippen molar-refractivity contribution in [3.05, 3.63) is 0 Å². The van der Waals surface area contributed by atoms with Gasteiger partial charge in [-0.3, -0.25) is 0 Å². The van der Waals surface area contributed by atoms with Crippen LogP contribution in [-0.4, -0.2) is 30.6 Å². The number of hydrogen-bond acceptors (Lipinski definition) is 3. The molecule has 2 aliphatic carbocycles. The lowest BCUT2D eigenvalue weighted by molar-refractivity contribution is 0.203. The SMILES string of the molecule is CC1CCC(CC(NC2=NCCO2)C2CCCC(Cl)C2)CC1. The molecule has 0 saturated heterocycles. The topological polar surface area (TPSA) is 33.6 Å². The number of aliphatic imine (C=N–C) groups is 1. The number of hydrogen-bond donors (Lipinski definition) is 1. The van der Waals surface area contributed by atoms with Gasteiger partial charge in [0.15, 0.2) is 0 Å². The van der Waals surface area contributed by atoms with E-state index in [4.69, 9.17) is 16.3 Å². The van der Waals surface area contributed by atoms with Crippen LogP contribution in [0.25, 0.3) is 0 Å². The van der Waals surface area contributed by atoms with Gasteiger partial charge in [0, 0.05) is 11.4 Å². The van der Waals surface area contributed by atoms with Gasteiger partial charge in [-0.25, -0.2) is 4.99 Å². The van der Waals surface area contributed by atoms with Crippen LogP contribution < -0.4 is 5.32 Å². The van der Waals surface area contributed by atoms with Crippen molar-refractivity contribution >= 4 is 17.6 Å². The molecule has 1 heterocycles. The van der Waals surface area contributed by atoms with Crippen molar-refractivity contribution in [2.75, 3.05) is 13.2 Å². The number of halogens is 1. The van der Waals surface area contributed by atoms with Gasteiger partial charge in [-0.05, 0) is 43.4 Å². The second-order valence-corrected chi connectivity index (χ2v) is 8.29. The summed E-state index contributed by atoms with van der Waals surface area (Å²) in [6, 6.07) is 1.28. The number of alkyl halides is 1. The Balaban J connectivity index is 1.59. The van der Waals surface area contributed by atoms with Gasteiger partial charge < -0.3 is 10.1 Å². The van der Waals surface area contributed by atoms with E-state index in [1.165, 1.54) is 51.4 Å². The molecule has 0 aromatic rings. The third-order valence-corrected chi connectivity index (χ3v) is 6.23. The highest BCUT2D eigenvalue weighted by molar-refractivity contribution is 6.20. The van der Waals surface area contributed by atoms with Crippen LogP contribution in [0.15, 0.2) is 4.99 Å². The van der Waals surface area contributed by atoms with Crippen molar-refractivity contribution in [1.29, 1.82) is 0 Å². The van der Waals surface area contributed by atoms with E-state index in [2.05, 4.69) is 17.2 Å². The highest BCUT2D eigenvalue weighted by Gasteiger charge is 2.31. The van der Waals surface area contributed by atoms with E-state index in [1.807, 2.05) is 0 Å². The molecule has 1 N–H and O–H groups in total. The molecule has 0 radical (unpaired) electrons. The Morgan fingerprint density at radius 3 is 2.73 bits per heavy atom. The van der Waals surface area contributed by atoms with Crippen molar-refractivity contribution in [2.45, 2.75) is 76.1 Å². The molecule has 0 amide bonds. The minimum Gasteiger partial charge on any atom is -0.463 e. The van der Waals surface area contributed by atoms with Gasteiger partial charge in [0.1, 0.15) is 6.61 Å². The number of rotatable bonds is 4. The molecule has 0 aromatic heterocycles. The quantitative estimate of drug-likeness (QED) is 0.779. The fourth-order valence-corrected chi connectivity index (χ4v) is 4.79. The second-order valence-electron chi connectivity index (χ2n) is 7.67. The lowest BCUT2D eigenvalue weighted by atomic mass is 9.75. The largest absolute Gasteiger partial charge is 0.463 e. The molecule has 2 saturated carbocycles. The van der Waals surface area contributed by atoms with Crippen molar-refractivity contribution in [3.8, 4) is 0 Å². The second kappa shape index (κ2) is 7.90. The fraction of sp³-hybridized carbons (Fsp3) is 0.944. The van der Waals surface area contributed by atoms with Crippen LogP contribution in [0.2, 0.25) is 0 Å². The highest BCUT2D eigenvalue weighted by Crippen LogP contribution is 2.36. The van der Waals surface area contributed by atoms with Crippen LogP contribution in [-0.2, 0) is 4.74 Å². The molecule has 126 valence electrons. The maximum absolute atomic E-state index is 6.44. The van der Waals surface area contributed by atoms with Gasteiger partial charge in [-0.15, -0.1) is 11.6 Å². The Morgan fingerprint density at radius 1 is 1.23 bits per heavy atom. The van der Waals surface area contributed by atoms with Crippen LogP contribution in [0.4, 0.5) is 0 Å². The van der Waals surface area contributed by atoms with E-state index >= 15 is 0 Å². The van der Waals surface area contributed by atoms with Crippen molar-refractivity contribution in [2.24, 2.45) is 22.7 Å². The number of nitrogens with one attached hydrogen (secondary N) is 1. The van der Waals surface area contributed by atoms with Gasteiger partial charge in [0.25, 0.3) is 6.02 Å². The highest BCUT2D eigenvalue weighted by atomic mass is 35.5. The molecular weight excluding hydrogens is 296 g/mol. The summed E-state index contributed by atoms with van der Waals surface area (Å²) in [5.41, 5.74) is 0. The Bertz CT molecular complexity index is 379. The summed E-state index contributed by atoms with van der Waals surface area (Å²) in [6.07, 6.45) is 11.8. The lowest BCUT2D eigenvalue weighted by Gasteiger charge is -2.36. The molecule has 3 aliphatic rings. The molecular formula is C18H31ClN2O. The summed E-state index contributed by atoms with van der Waals surface area (Å²) in [6.45, 7) is 3.93. The summed E-state index contributed by atoms with van der Waals surface area (Å²) in [7, 11) is 0. The summed E-state index contributed by atoms with van der Waals surface area (Å²) in [5, 5.41) is 4.00. The third-order valence-electron chi connectivity index (χ3n) is 5.84. The molecule has 0 spiro atoms. The summed E-state index contributed by atoms with van der Waals surface area (Å²) >= 11 is 6.44. The fourth-order valence-electron chi connectivity index (χ4n) is 4.41. The minimum atomic E-state index is 0.362. The maximum Gasteiger partial charge on any atom is 0.285 e. The molecule has 22 heavy (non-hydrogen) atoms. The van der Waals surface area contributed by atoms with E-state index < -0.39 is 0 Å². The Kier molecular flexibility index (Phi) is 5.89. The Morgan fingerprint density at radius 2 is 2.05 bits per heavy atom. The van der Waals surface area contributed by atoms with Gasteiger partial charge in [-0.2, -0.15) is 0 Å². The van der Waals surface area contributed by atoms with Crippen LogP contribution in [0, 0.1) is 17.8 Å². The first kappa shape index (κ1) is 16.4. The Labute approximate surface area is 140 Å². The lowest BCUT2D eigenvalue weighted by Crippen LogP contribution is -2.44. The number of nitrogens with zero attached hydrogens (tertiary/aromatic N) is 1. The number of amidine groups is 1. The summed E-state index contributed by atoms with van der Waals surface area (Å²) in [4.78, 5) is 4.44. The smallest absolute Gasteiger partial charge is 0.285 e. The molecule has 2 fully saturated rings. The molecule has 3 nitrogen and oxygen atoms in total. The zero-order chi connectivity index (χ0) is 15.4. The van der Waals surface area contributed by atoms with E-state index in [9.17, 15) is 0 Å². The van der Waals surface area contributed by atoms with Gasteiger partial charge >= 0.3 is 0 Å². The van der Waals surface area contributed by atoms with Gasteiger partial charge in [0.05, 0.1) is 6.54 Å². The zero-order valence-electron chi connectivity index (χ0n) is 13.9. The monoisotopic (exact) mass is 326 g/mol. The molecule has 0 bridgehead atoms. The van der Waals surface area contributed by atoms with E-state index in [0.717, 1.165) is 37.4 Å². The normalized spacial score (nSPS) is 37.3. The molecule has 3 rings (SSSR count). The van der Waals surface area contributed by atoms with Crippen LogP contribution in [0.5, 0.6) is 0 Å².